The highest BCUT2D eigenvalue weighted by Gasteiger charge is 2.29. The van der Waals surface area contributed by atoms with Crippen molar-refractivity contribution in [3.63, 3.8) is 0 Å². The van der Waals surface area contributed by atoms with Crippen LogP contribution in [0.2, 0.25) is 0 Å². The normalized spacial score (nSPS) is 14.5. The zero-order valence-electron chi connectivity index (χ0n) is 11.7. The van der Waals surface area contributed by atoms with Gasteiger partial charge in [0, 0.05) is 30.0 Å². The van der Waals surface area contributed by atoms with Gasteiger partial charge >= 0.3 is 0 Å². The maximum atomic E-state index is 11.5. The fourth-order valence-electron chi connectivity index (χ4n) is 2.13. The molecule has 106 valence electrons. The molecule has 3 rings (SSSR count). The molecule has 0 radical (unpaired) electrons. The molecule has 0 bridgehead atoms. The van der Waals surface area contributed by atoms with E-state index in [1.807, 2.05) is 30.0 Å². The average Bonchev–Trinajstić information content (AvgIpc) is 3.07. The van der Waals surface area contributed by atoms with Gasteiger partial charge in [0.05, 0.1) is 11.4 Å². The third-order valence-electron chi connectivity index (χ3n) is 3.36. The van der Waals surface area contributed by atoms with Gasteiger partial charge in [0.15, 0.2) is 0 Å². The van der Waals surface area contributed by atoms with Gasteiger partial charge in [0.2, 0.25) is 11.0 Å². The number of aryl methyl sites for hydroxylation is 2. The maximum absolute atomic E-state index is 11.5. The fourth-order valence-corrected chi connectivity index (χ4v) is 3.00. The molecule has 0 aromatic carbocycles. The Bertz CT molecular complexity index is 627. The lowest BCUT2D eigenvalue weighted by atomic mass is 10.3. The van der Waals surface area contributed by atoms with Crippen LogP contribution < -0.4 is 5.32 Å². The fraction of sp³-hybridized carbons (Fsp3) is 0.500. The molecule has 1 fully saturated rings. The van der Waals surface area contributed by atoms with Gasteiger partial charge in [-0.05, 0) is 32.8 Å². The second-order valence-corrected chi connectivity index (χ2v) is 6.11. The molecule has 0 unspecified atom stereocenters. The molecule has 20 heavy (non-hydrogen) atoms. The standard InChI is InChI=1S/C14H18N4OS/c1-9-7-10(2)18(17-9)14-16-12(8-20-14)5-6-15-13(19)11-3-4-11/h7-8,11H,3-6H2,1-2H3,(H,15,19). The number of nitrogens with one attached hydrogen (secondary N) is 1. The van der Waals surface area contributed by atoms with Crippen LogP contribution in [-0.2, 0) is 11.2 Å². The van der Waals surface area contributed by atoms with Gasteiger partial charge in [-0.1, -0.05) is 0 Å². The Morgan fingerprint density at radius 3 is 2.95 bits per heavy atom. The molecule has 1 N–H and O–H groups in total. The third kappa shape index (κ3) is 2.90. The minimum Gasteiger partial charge on any atom is -0.355 e. The molecule has 1 aliphatic carbocycles. The maximum Gasteiger partial charge on any atom is 0.223 e. The second-order valence-electron chi connectivity index (χ2n) is 5.28. The lowest BCUT2D eigenvalue weighted by Gasteiger charge is -2.02. The molecule has 2 heterocycles. The molecule has 2 aromatic rings. The average molecular weight is 290 g/mol. The zero-order chi connectivity index (χ0) is 14.1. The van der Waals surface area contributed by atoms with E-state index in [0.717, 1.165) is 41.5 Å². The number of carbonyl (C=O) groups is 1. The third-order valence-corrected chi connectivity index (χ3v) is 4.22. The van der Waals surface area contributed by atoms with Crippen LogP contribution >= 0.6 is 11.3 Å². The Kier molecular flexibility index (Phi) is 3.56. The summed E-state index contributed by atoms with van der Waals surface area (Å²) in [7, 11) is 0. The molecule has 0 aliphatic heterocycles. The van der Waals surface area contributed by atoms with Crippen LogP contribution in [0.4, 0.5) is 0 Å². The van der Waals surface area contributed by atoms with Crippen molar-refractivity contribution < 1.29 is 4.79 Å². The molecule has 1 amide bonds. The highest BCUT2D eigenvalue weighted by atomic mass is 32.1. The smallest absolute Gasteiger partial charge is 0.223 e. The van der Waals surface area contributed by atoms with Crippen molar-refractivity contribution in [1.82, 2.24) is 20.1 Å². The molecule has 1 aliphatic rings. The first-order valence-electron chi connectivity index (χ1n) is 6.89. The van der Waals surface area contributed by atoms with E-state index >= 15 is 0 Å². The molecule has 6 heteroatoms. The van der Waals surface area contributed by atoms with Crippen molar-refractivity contribution in [3.05, 3.63) is 28.5 Å². The summed E-state index contributed by atoms with van der Waals surface area (Å²) in [6, 6.07) is 2.04. The summed E-state index contributed by atoms with van der Waals surface area (Å²) in [4.78, 5) is 16.1. The first kappa shape index (κ1) is 13.3. The highest BCUT2D eigenvalue weighted by Crippen LogP contribution is 2.28. The van der Waals surface area contributed by atoms with Gasteiger partial charge in [-0.2, -0.15) is 5.10 Å². The van der Waals surface area contributed by atoms with Crippen molar-refractivity contribution in [2.45, 2.75) is 33.1 Å². The van der Waals surface area contributed by atoms with Crippen molar-refractivity contribution >= 4 is 17.2 Å². The predicted molar refractivity (Wildman–Crippen MR) is 78.1 cm³/mol. The van der Waals surface area contributed by atoms with Crippen molar-refractivity contribution in [2.75, 3.05) is 6.54 Å². The number of carbonyl (C=O) groups excluding carboxylic acids is 1. The number of hydrogen-bond acceptors (Lipinski definition) is 4. The van der Waals surface area contributed by atoms with E-state index < -0.39 is 0 Å². The first-order chi connectivity index (χ1) is 9.63. The molecule has 0 saturated heterocycles. The molecular weight excluding hydrogens is 272 g/mol. The summed E-state index contributed by atoms with van der Waals surface area (Å²) in [5.41, 5.74) is 3.09. The van der Waals surface area contributed by atoms with Gasteiger partial charge < -0.3 is 5.32 Å². The summed E-state index contributed by atoms with van der Waals surface area (Å²) in [6.45, 7) is 4.66. The van der Waals surface area contributed by atoms with Crippen LogP contribution in [0.5, 0.6) is 0 Å². The lowest BCUT2D eigenvalue weighted by molar-refractivity contribution is -0.122. The van der Waals surface area contributed by atoms with Gasteiger partial charge in [-0.15, -0.1) is 11.3 Å². The summed E-state index contributed by atoms with van der Waals surface area (Å²) < 4.78 is 1.87. The summed E-state index contributed by atoms with van der Waals surface area (Å²) in [5, 5.41) is 10.3. The van der Waals surface area contributed by atoms with Crippen molar-refractivity contribution in [1.29, 1.82) is 0 Å². The highest BCUT2D eigenvalue weighted by molar-refractivity contribution is 7.12. The van der Waals surface area contributed by atoms with Crippen LogP contribution in [0, 0.1) is 19.8 Å². The van der Waals surface area contributed by atoms with Crippen LogP contribution in [0.1, 0.15) is 29.9 Å². The summed E-state index contributed by atoms with van der Waals surface area (Å²) >= 11 is 1.58. The number of rotatable bonds is 5. The van der Waals surface area contributed by atoms with Gasteiger partial charge in [0.1, 0.15) is 0 Å². The van der Waals surface area contributed by atoms with E-state index in [1.54, 1.807) is 11.3 Å². The van der Waals surface area contributed by atoms with Gasteiger partial charge in [-0.25, -0.2) is 9.67 Å². The first-order valence-corrected chi connectivity index (χ1v) is 7.77. The zero-order valence-corrected chi connectivity index (χ0v) is 12.5. The molecule has 0 atom stereocenters. The number of aromatic nitrogens is 3. The molecule has 0 spiro atoms. The van der Waals surface area contributed by atoms with Crippen LogP contribution in [-0.4, -0.2) is 27.2 Å². The Morgan fingerprint density at radius 2 is 2.30 bits per heavy atom. The molecule has 1 saturated carbocycles. The van der Waals surface area contributed by atoms with Crippen LogP contribution in [0.3, 0.4) is 0 Å². The molecule has 5 nitrogen and oxygen atoms in total. The number of thiazole rings is 1. The monoisotopic (exact) mass is 290 g/mol. The summed E-state index contributed by atoms with van der Waals surface area (Å²) in [5.74, 6) is 0.467. The van der Waals surface area contributed by atoms with Crippen LogP contribution in [0.25, 0.3) is 5.13 Å². The van der Waals surface area contributed by atoms with Crippen LogP contribution in [0.15, 0.2) is 11.4 Å². The minimum atomic E-state index is 0.194. The number of amides is 1. The quantitative estimate of drug-likeness (QED) is 0.916. The topological polar surface area (TPSA) is 59.8 Å². The van der Waals surface area contributed by atoms with Gasteiger partial charge in [-0.3, -0.25) is 4.79 Å². The van der Waals surface area contributed by atoms with Gasteiger partial charge in [0.25, 0.3) is 0 Å². The number of nitrogens with zero attached hydrogens (tertiary/aromatic N) is 3. The SMILES string of the molecule is Cc1cc(C)n(-c2nc(CCNC(=O)C3CC3)cs2)n1. The lowest BCUT2D eigenvalue weighted by Crippen LogP contribution is -2.27. The van der Waals surface area contributed by atoms with E-state index in [2.05, 4.69) is 15.4 Å². The minimum absolute atomic E-state index is 0.194. The van der Waals surface area contributed by atoms with E-state index in [-0.39, 0.29) is 11.8 Å². The van der Waals surface area contributed by atoms with E-state index in [0.29, 0.717) is 6.54 Å². The Hall–Kier alpha value is -1.69. The second kappa shape index (κ2) is 5.36. The molecule has 2 aromatic heterocycles. The van der Waals surface area contributed by atoms with E-state index in [4.69, 9.17) is 0 Å². The largest absolute Gasteiger partial charge is 0.355 e. The predicted octanol–water partition coefficient (Wildman–Crippen LogP) is 2.01. The Morgan fingerprint density at radius 1 is 1.50 bits per heavy atom. The Labute approximate surface area is 122 Å². The molecular formula is C14H18N4OS. The number of hydrogen-bond donors (Lipinski definition) is 1. The van der Waals surface area contributed by atoms with Crippen molar-refractivity contribution in [3.8, 4) is 5.13 Å². The van der Waals surface area contributed by atoms with E-state index in [1.165, 1.54) is 0 Å². The van der Waals surface area contributed by atoms with Crippen molar-refractivity contribution in [2.24, 2.45) is 5.92 Å². The van der Waals surface area contributed by atoms with E-state index in [9.17, 15) is 4.79 Å². The summed E-state index contributed by atoms with van der Waals surface area (Å²) in [6.07, 6.45) is 2.86. The Balaban J connectivity index is 1.59.